The molecule has 234 valence electrons. The van der Waals surface area contributed by atoms with Gasteiger partial charge in [-0.25, -0.2) is 0 Å². The van der Waals surface area contributed by atoms with Crippen LogP contribution in [0.5, 0.6) is 0 Å². The molecule has 0 atom stereocenters. The van der Waals surface area contributed by atoms with Gasteiger partial charge in [0.1, 0.15) is 0 Å². The summed E-state index contributed by atoms with van der Waals surface area (Å²) < 4.78 is 2.42. The topological polar surface area (TPSA) is 20.7 Å². The molecule has 46 heavy (non-hydrogen) atoms. The minimum absolute atomic E-state index is 0.0113. The first-order valence-electron chi connectivity index (χ1n) is 16.5. The van der Waals surface area contributed by atoms with Crippen molar-refractivity contribution in [2.24, 2.45) is 0 Å². The molecule has 3 heteroatoms. The molecule has 2 nitrogen and oxygen atoms in total. The lowest BCUT2D eigenvalue weighted by Crippen LogP contribution is -2.13. The van der Waals surface area contributed by atoms with E-state index in [1.807, 2.05) is 6.07 Å². The van der Waals surface area contributed by atoms with Gasteiger partial charge < -0.3 is 9.55 Å². The predicted molar refractivity (Wildman–Crippen MR) is 201 cm³/mol. The third-order valence-electron chi connectivity index (χ3n) is 9.68. The van der Waals surface area contributed by atoms with Crippen molar-refractivity contribution in [1.29, 1.82) is 0 Å². The zero-order valence-corrected chi connectivity index (χ0v) is 29.7. The monoisotopic (exact) mass is 624 g/mol. The second-order valence-electron chi connectivity index (χ2n) is 16.4. The van der Waals surface area contributed by atoms with E-state index in [9.17, 15) is 0 Å². The van der Waals surface area contributed by atoms with E-state index >= 15 is 0 Å². The molecule has 0 radical (unpaired) electrons. The number of fused-ring (bicyclic) bond motifs is 6. The number of nitrogens with one attached hydrogen (secondary N) is 1. The molecule has 0 spiro atoms. The summed E-state index contributed by atoms with van der Waals surface area (Å²) in [7, 11) is 0. The number of H-pyrrole nitrogens is 1. The van der Waals surface area contributed by atoms with Crippen LogP contribution in [0.4, 0.5) is 0 Å². The lowest BCUT2D eigenvalue weighted by atomic mass is 9.82. The third kappa shape index (κ3) is 5.12. The van der Waals surface area contributed by atoms with Gasteiger partial charge in [-0.2, -0.15) is 0 Å². The Kier molecular flexibility index (Phi) is 6.82. The molecule has 1 N–H and O–H groups in total. The number of aryl methyl sites for hydroxylation is 1. The molecule has 7 rings (SSSR count). The van der Waals surface area contributed by atoms with Gasteiger partial charge in [0, 0.05) is 43.3 Å². The number of aromatic amines is 1. The highest BCUT2D eigenvalue weighted by Gasteiger charge is 2.24. The lowest BCUT2D eigenvalue weighted by Gasteiger charge is -2.24. The minimum atomic E-state index is -0.0494. The van der Waals surface area contributed by atoms with Crippen LogP contribution in [-0.4, -0.2) is 9.55 Å². The summed E-state index contributed by atoms with van der Waals surface area (Å²) in [5.41, 5.74) is 13.6. The third-order valence-corrected chi connectivity index (χ3v) is 9.91. The van der Waals surface area contributed by atoms with Crippen LogP contribution in [0, 0.1) is 6.92 Å². The second kappa shape index (κ2) is 10.2. The summed E-state index contributed by atoms with van der Waals surface area (Å²) in [5.74, 6) is 0. The van der Waals surface area contributed by atoms with Gasteiger partial charge in [-0.3, -0.25) is 0 Å². The van der Waals surface area contributed by atoms with E-state index in [1.54, 1.807) is 0 Å². The molecule has 2 aromatic heterocycles. The average molecular weight is 625 g/mol. The van der Waals surface area contributed by atoms with E-state index < -0.39 is 0 Å². The van der Waals surface area contributed by atoms with Crippen LogP contribution >= 0.6 is 11.6 Å². The fourth-order valence-electron chi connectivity index (χ4n) is 6.84. The number of rotatable bonds is 2. The van der Waals surface area contributed by atoms with Crippen LogP contribution in [-0.2, 0) is 16.2 Å². The van der Waals surface area contributed by atoms with Gasteiger partial charge in [0.05, 0.1) is 16.6 Å². The molecule has 0 amide bonds. The first kappa shape index (κ1) is 30.6. The van der Waals surface area contributed by atoms with Crippen LogP contribution in [0.3, 0.4) is 0 Å². The zero-order chi connectivity index (χ0) is 32.9. The molecule has 0 saturated carbocycles. The van der Waals surface area contributed by atoms with Gasteiger partial charge in [-0.05, 0) is 112 Å². The van der Waals surface area contributed by atoms with Crippen LogP contribution in [0.2, 0.25) is 5.02 Å². The number of hydrogen-bond donors (Lipinski definition) is 1. The highest BCUT2D eigenvalue weighted by molar-refractivity contribution is 6.32. The van der Waals surface area contributed by atoms with Crippen molar-refractivity contribution >= 4 is 55.2 Å². The van der Waals surface area contributed by atoms with Gasteiger partial charge in [-0.15, -0.1) is 0 Å². The first-order valence-corrected chi connectivity index (χ1v) is 16.8. The molecular formula is C43H45ClN2. The molecule has 5 aromatic carbocycles. The van der Waals surface area contributed by atoms with E-state index in [0.29, 0.717) is 0 Å². The lowest BCUT2D eigenvalue weighted by molar-refractivity contribution is 0.589. The summed E-state index contributed by atoms with van der Waals surface area (Å²) in [6.07, 6.45) is 0. The van der Waals surface area contributed by atoms with E-state index in [4.69, 9.17) is 11.6 Å². The number of hydrogen-bond acceptors (Lipinski definition) is 0. The highest BCUT2D eigenvalue weighted by Crippen LogP contribution is 2.42. The average Bonchev–Trinajstić information content (AvgIpc) is 3.49. The molecule has 0 aliphatic carbocycles. The summed E-state index contributed by atoms with van der Waals surface area (Å²) in [6, 6.07) is 32.0. The van der Waals surface area contributed by atoms with E-state index in [2.05, 4.69) is 158 Å². The highest BCUT2D eigenvalue weighted by atomic mass is 35.5. The van der Waals surface area contributed by atoms with Crippen LogP contribution in [0.1, 0.15) is 84.6 Å². The van der Waals surface area contributed by atoms with E-state index in [1.165, 1.54) is 71.5 Å². The van der Waals surface area contributed by atoms with Crippen LogP contribution in [0.15, 0.2) is 84.9 Å². The summed E-state index contributed by atoms with van der Waals surface area (Å²) in [6.45, 7) is 22.9. The normalized spacial score (nSPS) is 13.1. The predicted octanol–water partition coefficient (Wildman–Crippen LogP) is 12.9. The Bertz CT molecular complexity index is 2270. The van der Waals surface area contributed by atoms with Gasteiger partial charge >= 0.3 is 0 Å². The number of nitrogens with zero attached hydrogens (tertiary/aromatic N) is 1. The van der Waals surface area contributed by atoms with Gasteiger partial charge in [-0.1, -0.05) is 97.7 Å². The first-order chi connectivity index (χ1) is 21.5. The SMILES string of the molecule is Cc1ccc2c(c1)c1cc(Cl)ccc1n2-c1cc(-c2cc(C(C)(C)C)cc3c2[nH]c2ccc(C(C)(C)C)cc23)cc(C(C)(C)C)c1. The fourth-order valence-corrected chi connectivity index (χ4v) is 7.02. The Morgan fingerprint density at radius 2 is 1.15 bits per heavy atom. The van der Waals surface area contributed by atoms with Gasteiger partial charge in [0.2, 0.25) is 0 Å². The van der Waals surface area contributed by atoms with Crippen molar-refractivity contribution < 1.29 is 0 Å². The van der Waals surface area contributed by atoms with E-state index in [0.717, 1.165) is 16.2 Å². The Labute approximate surface area is 278 Å². The number of halogens is 1. The summed E-state index contributed by atoms with van der Waals surface area (Å²) in [4.78, 5) is 3.87. The summed E-state index contributed by atoms with van der Waals surface area (Å²) >= 11 is 6.57. The molecule has 0 aliphatic heterocycles. The molecule has 2 heterocycles. The second-order valence-corrected chi connectivity index (χ2v) is 16.8. The fraction of sp³-hybridized carbons (Fsp3) is 0.302. The van der Waals surface area contributed by atoms with Crippen molar-refractivity contribution in [1.82, 2.24) is 9.55 Å². The van der Waals surface area contributed by atoms with E-state index in [-0.39, 0.29) is 16.2 Å². The van der Waals surface area contributed by atoms with Crippen molar-refractivity contribution in [3.63, 3.8) is 0 Å². The standard InChI is InChI=1S/C43H45ClN2/c1-25-11-15-38-34(17-25)35-24-30(44)13-16-39(35)46(38)31-19-26(18-28(20-31)42(5,6)7)32-22-29(43(8,9)10)23-36-33-21-27(41(2,3)4)12-14-37(33)45-40(32)36/h11-24,45H,1-10H3. The summed E-state index contributed by atoms with van der Waals surface area (Å²) in [5, 5.41) is 5.73. The van der Waals surface area contributed by atoms with Crippen molar-refractivity contribution in [3.05, 3.63) is 112 Å². The van der Waals surface area contributed by atoms with Crippen LogP contribution < -0.4 is 0 Å². The van der Waals surface area contributed by atoms with Crippen molar-refractivity contribution in [3.8, 4) is 16.8 Å². The molecular weight excluding hydrogens is 580 g/mol. The Balaban J connectivity index is 1.58. The minimum Gasteiger partial charge on any atom is -0.354 e. The molecule has 0 aliphatic rings. The smallest absolute Gasteiger partial charge is 0.0544 e. The molecule has 0 unspecified atom stereocenters. The Morgan fingerprint density at radius 3 is 1.83 bits per heavy atom. The Morgan fingerprint density at radius 1 is 0.543 bits per heavy atom. The maximum Gasteiger partial charge on any atom is 0.0544 e. The van der Waals surface area contributed by atoms with Gasteiger partial charge in [0.25, 0.3) is 0 Å². The maximum absolute atomic E-state index is 6.57. The molecule has 0 bridgehead atoms. The number of benzene rings is 5. The van der Waals surface area contributed by atoms with Crippen molar-refractivity contribution in [2.75, 3.05) is 0 Å². The van der Waals surface area contributed by atoms with Crippen LogP contribution in [0.25, 0.3) is 60.4 Å². The largest absolute Gasteiger partial charge is 0.354 e. The molecule has 0 fully saturated rings. The van der Waals surface area contributed by atoms with Crippen molar-refractivity contribution in [2.45, 2.75) is 85.5 Å². The Hall–Kier alpha value is -4.01. The quantitative estimate of drug-likeness (QED) is 0.197. The number of aromatic nitrogens is 2. The molecule has 7 aromatic rings. The van der Waals surface area contributed by atoms with Gasteiger partial charge in [0.15, 0.2) is 0 Å². The zero-order valence-electron chi connectivity index (χ0n) is 28.9. The maximum atomic E-state index is 6.57. The molecule has 0 saturated heterocycles.